The highest BCUT2D eigenvalue weighted by molar-refractivity contribution is 6.17. The van der Waals surface area contributed by atoms with Crippen LogP contribution in [-0.2, 0) is 8.85 Å². The molecule has 126 valence electrons. The molecule has 0 aliphatic heterocycles. The van der Waals surface area contributed by atoms with Gasteiger partial charge in [-0.3, -0.25) is 0 Å². The van der Waals surface area contributed by atoms with E-state index in [-0.39, 0.29) is 0 Å². The lowest BCUT2D eigenvalue weighted by molar-refractivity contribution is 0.240. The maximum absolute atomic E-state index is 4.99. The first-order valence-corrected chi connectivity index (χ1v) is 10.7. The van der Waals surface area contributed by atoms with Crippen LogP contribution in [0.2, 0.25) is 0 Å². The highest BCUT2D eigenvalue weighted by Crippen LogP contribution is 2.36. The molecule has 0 aromatic heterocycles. The zero-order valence-corrected chi connectivity index (χ0v) is 16.0. The minimum Gasteiger partial charge on any atom is -0.399 e. The normalized spacial score (nSPS) is 22.0. The minimum absolute atomic E-state index is 0.589. The van der Waals surface area contributed by atoms with Crippen LogP contribution in [0.5, 0.6) is 0 Å². The molecule has 0 atom stereocenters. The molecule has 0 aromatic carbocycles. The van der Waals surface area contributed by atoms with Crippen molar-refractivity contribution in [2.24, 2.45) is 11.8 Å². The summed E-state index contributed by atoms with van der Waals surface area (Å²) in [6.07, 6.45) is 18.4. The van der Waals surface area contributed by atoms with Gasteiger partial charge in [-0.1, -0.05) is 77.0 Å². The lowest BCUT2D eigenvalue weighted by Gasteiger charge is -2.24. The molecular weight excluding hydrogens is 276 g/mol. The second-order valence-corrected chi connectivity index (χ2v) is 7.66. The molecule has 0 unspecified atom stereocenters. The Bertz CT molecular complexity index is 185. The highest BCUT2D eigenvalue weighted by Gasteiger charge is 2.23. The molecule has 0 amide bonds. The fraction of sp³-hybridized carbons (Fsp3) is 1.00. The Hall–Kier alpha value is 0.137. The summed E-state index contributed by atoms with van der Waals surface area (Å²) in [7, 11) is -0.589. The summed E-state index contributed by atoms with van der Waals surface area (Å²) in [5.74, 6) is 2.24. The van der Waals surface area contributed by atoms with E-state index in [0.29, 0.717) is 0 Å². The van der Waals surface area contributed by atoms with Gasteiger partial charge in [-0.2, -0.15) is 0 Å². The molecule has 0 heterocycles. The Morgan fingerprint density at radius 1 is 0.619 bits per heavy atom. The molecule has 2 aliphatic rings. The Morgan fingerprint density at radius 2 is 0.952 bits per heavy atom. The second-order valence-electron chi connectivity index (χ2n) is 6.61. The molecule has 0 bridgehead atoms. The van der Waals surface area contributed by atoms with E-state index in [2.05, 4.69) is 0 Å². The van der Waals surface area contributed by atoms with Crippen LogP contribution in [0.15, 0.2) is 0 Å². The maximum Gasteiger partial charge on any atom is 0.304 e. The zero-order chi connectivity index (χ0) is 15.2. The zero-order valence-electron chi connectivity index (χ0n) is 14.6. The average Bonchev–Trinajstić information content (AvgIpc) is 2.93. The molecule has 2 fully saturated rings. The van der Waals surface area contributed by atoms with E-state index in [1.165, 1.54) is 51.4 Å². The van der Waals surface area contributed by atoms with Crippen LogP contribution in [0.3, 0.4) is 0 Å². The second kappa shape index (κ2) is 13.8. The molecule has 2 aliphatic carbocycles. The fourth-order valence-corrected chi connectivity index (χ4v) is 4.24. The van der Waals surface area contributed by atoms with Crippen LogP contribution in [0.25, 0.3) is 0 Å². The van der Waals surface area contributed by atoms with E-state index < -0.39 is 10.0 Å². The van der Waals surface area contributed by atoms with Crippen molar-refractivity contribution in [1.29, 1.82) is 0 Å². The van der Waals surface area contributed by atoms with E-state index in [1.807, 2.05) is 13.8 Å². The van der Waals surface area contributed by atoms with Crippen LogP contribution < -0.4 is 0 Å². The van der Waals surface area contributed by atoms with Crippen LogP contribution in [-0.4, -0.2) is 23.2 Å². The predicted octanol–water partition coefficient (Wildman–Crippen LogP) is 4.99. The summed E-state index contributed by atoms with van der Waals surface area (Å²) < 4.78 is 9.98. The predicted molar refractivity (Wildman–Crippen MR) is 94.2 cm³/mol. The van der Waals surface area contributed by atoms with Crippen LogP contribution >= 0.6 is 0 Å². The van der Waals surface area contributed by atoms with E-state index >= 15 is 0 Å². The maximum atomic E-state index is 4.99. The summed E-state index contributed by atoms with van der Waals surface area (Å²) in [6.45, 7) is 5.55. The summed E-state index contributed by atoms with van der Waals surface area (Å²) >= 11 is 0. The quantitative estimate of drug-likeness (QED) is 0.404. The third-order valence-corrected chi connectivity index (χ3v) is 6.19. The summed E-state index contributed by atoms with van der Waals surface area (Å²) in [6, 6.07) is 0. The average molecular weight is 315 g/mol. The van der Waals surface area contributed by atoms with Crippen molar-refractivity contribution in [3.05, 3.63) is 0 Å². The molecule has 0 aromatic rings. The molecule has 2 rings (SSSR count). The number of rotatable bonds is 5. The van der Waals surface area contributed by atoms with Crippen LogP contribution in [0.4, 0.5) is 0 Å². The lowest BCUT2D eigenvalue weighted by Crippen LogP contribution is -2.13. The summed E-state index contributed by atoms with van der Waals surface area (Å²) in [5.41, 5.74) is 0. The first-order valence-electron chi connectivity index (χ1n) is 9.54. The van der Waals surface area contributed by atoms with Gasteiger partial charge in [-0.05, 0) is 25.7 Å². The standard InChI is InChI=1S/C14H26.C4H12O2Si/c1-2-6-10-13(9-5-1)14-11-7-3-4-8-12-14;1-3-5-7-6-4-2/h13-14H,1-12H2;3-4,7H2,1-2H3. The Morgan fingerprint density at radius 3 is 1.24 bits per heavy atom. The Labute approximate surface area is 135 Å². The van der Waals surface area contributed by atoms with Gasteiger partial charge in [0, 0.05) is 13.2 Å². The first-order chi connectivity index (χ1) is 10.4. The molecule has 0 spiro atoms. The van der Waals surface area contributed by atoms with Crippen molar-refractivity contribution >= 4 is 10.0 Å². The molecule has 0 radical (unpaired) electrons. The summed E-state index contributed by atoms with van der Waals surface area (Å²) in [5, 5.41) is 0. The molecular formula is C18H38O2Si. The van der Waals surface area contributed by atoms with Crippen molar-refractivity contribution in [3.8, 4) is 0 Å². The number of hydrogen-bond donors (Lipinski definition) is 0. The van der Waals surface area contributed by atoms with Gasteiger partial charge in [0.2, 0.25) is 0 Å². The molecule has 0 N–H and O–H groups in total. The fourth-order valence-electron chi connectivity index (χ4n) is 3.79. The van der Waals surface area contributed by atoms with Crippen molar-refractivity contribution in [2.45, 2.75) is 90.9 Å². The van der Waals surface area contributed by atoms with Crippen molar-refractivity contribution in [2.75, 3.05) is 13.2 Å². The SMILES string of the molecule is C1CCCC(C2CCCCCC2)CC1.CCO[SiH2]OCC. The first kappa shape index (κ1) is 19.2. The molecule has 21 heavy (non-hydrogen) atoms. The van der Waals surface area contributed by atoms with E-state index in [4.69, 9.17) is 8.85 Å². The van der Waals surface area contributed by atoms with E-state index in [0.717, 1.165) is 25.0 Å². The molecule has 0 saturated heterocycles. The van der Waals surface area contributed by atoms with Crippen molar-refractivity contribution in [1.82, 2.24) is 0 Å². The number of hydrogen-bond acceptors (Lipinski definition) is 2. The Balaban J connectivity index is 0.000000270. The van der Waals surface area contributed by atoms with Gasteiger partial charge >= 0.3 is 10.0 Å². The Kier molecular flexibility index (Phi) is 12.6. The van der Waals surface area contributed by atoms with Gasteiger partial charge in [0.1, 0.15) is 0 Å². The van der Waals surface area contributed by atoms with Gasteiger partial charge in [0.05, 0.1) is 0 Å². The van der Waals surface area contributed by atoms with Crippen molar-refractivity contribution in [3.63, 3.8) is 0 Å². The van der Waals surface area contributed by atoms with Gasteiger partial charge in [-0.25, -0.2) is 0 Å². The summed E-state index contributed by atoms with van der Waals surface area (Å²) in [4.78, 5) is 0. The van der Waals surface area contributed by atoms with Crippen LogP contribution in [0, 0.1) is 11.8 Å². The van der Waals surface area contributed by atoms with E-state index in [9.17, 15) is 0 Å². The minimum atomic E-state index is -0.589. The molecule has 2 nitrogen and oxygen atoms in total. The molecule has 3 heteroatoms. The van der Waals surface area contributed by atoms with Gasteiger partial charge < -0.3 is 8.85 Å². The smallest absolute Gasteiger partial charge is 0.304 e. The third kappa shape index (κ3) is 9.70. The third-order valence-electron chi connectivity index (χ3n) is 5.04. The largest absolute Gasteiger partial charge is 0.399 e. The van der Waals surface area contributed by atoms with Crippen LogP contribution in [0.1, 0.15) is 90.9 Å². The molecule has 2 saturated carbocycles. The van der Waals surface area contributed by atoms with Crippen molar-refractivity contribution < 1.29 is 8.85 Å². The topological polar surface area (TPSA) is 18.5 Å². The highest BCUT2D eigenvalue weighted by atomic mass is 28.3. The van der Waals surface area contributed by atoms with E-state index in [1.54, 1.807) is 25.7 Å². The lowest BCUT2D eigenvalue weighted by atomic mass is 9.81. The van der Waals surface area contributed by atoms with Gasteiger partial charge in [-0.15, -0.1) is 0 Å². The van der Waals surface area contributed by atoms with Gasteiger partial charge in [0.25, 0.3) is 0 Å². The van der Waals surface area contributed by atoms with Gasteiger partial charge in [0.15, 0.2) is 0 Å². The monoisotopic (exact) mass is 314 g/mol.